The number of anilines is 1. The molecule has 0 radical (unpaired) electrons. The van der Waals surface area contributed by atoms with Crippen LogP contribution in [0.2, 0.25) is 0 Å². The lowest BCUT2D eigenvalue weighted by atomic mass is 10.2. The van der Waals surface area contributed by atoms with Crippen LogP contribution in [0.4, 0.5) is 5.82 Å². The van der Waals surface area contributed by atoms with Crippen LogP contribution in [0, 0.1) is 11.8 Å². The highest BCUT2D eigenvalue weighted by Gasteiger charge is 2.28. The minimum Gasteiger partial charge on any atom is -0.383 e. The fourth-order valence-corrected chi connectivity index (χ4v) is 3.79. The molecule has 0 bridgehead atoms. The molecule has 1 aromatic carbocycles. The number of methoxy groups -OCH3 is 1. The Kier molecular flexibility index (Phi) is 4.35. The molecule has 9 nitrogen and oxygen atoms in total. The quantitative estimate of drug-likeness (QED) is 0.452. The predicted octanol–water partition coefficient (Wildman–Crippen LogP) is 1.23. The average molecular weight is 388 g/mol. The number of nitrogens with one attached hydrogen (secondary N) is 2. The van der Waals surface area contributed by atoms with Crippen molar-refractivity contribution in [2.45, 2.75) is 18.5 Å². The first-order chi connectivity index (χ1) is 14.2. The standard InChI is InChI=1S/C20H20N8O/c1-29-9-13-7-14(8-22-13)28-20-18(19(21)25-11-26-20)16(27-28)5-3-12-2-4-15-17(6-12)24-10-23-15/h2,4,6,10-11,13-14,22H,7-9H2,1H3,(H,23,24)(H2,21,25,26)/t13-,14+/m1/s1. The maximum Gasteiger partial charge on any atom is 0.164 e. The highest BCUT2D eigenvalue weighted by Crippen LogP contribution is 2.27. The van der Waals surface area contributed by atoms with Crippen molar-refractivity contribution >= 4 is 27.9 Å². The first-order valence-corrected chi connectivity index (χ1v) is 9.39. The Hall–Kier alpha value is -3.48. The lowest BCUT2D eigenvalue weighted by Crippen LogP contribution is -2.25. The Balaban J connectivity index is 1.54. The zero-order chi connectivity index (χ0) is 19.8. The van der Waals surface area contributed by atoms with Gasteiger partial charge in [0.1, 0.15) is 17.8 Å². The van der Waals surface area contributed by atoms with Gasteiger partial charge < -0.3 is 20.8 Å². The van der Waals surface area contributed by atoms with Crippen LogP contribution in [-0.2, 0) is 4.74 Å². The third-order valence-corrected chi connectivity index (χ3v) is 5.18. The van der Waals surface area contributed by atoms with Gasteiger partial charge in [-0.3, -0.25) is 0 Å². The van der Waals surface area contributed by atoms with Crippen molar-refractivity contribution < 1.29 is 4.74 Å². The van der Waals surface area contributed by atoms with Crippen molar-refractivity contribution in [3.63, 3.8) is 0 Å². The molecule has 9 heteroatoms. The molecule has 146 valence electrons. The van der Waals surface area contributed by atoms with Crippen LogP contribution < -0.4 is 11.1 Å². The van der Waals surface area contributed by atoms with Gasteiger partial charge in [-0.25, -0.2) is 19.6 Å². The molecule has 2 atom stereocenters. The number of imidazole rings is 1. The van der Waals surface area contributed by atoms with Crippen LogP contribution in [0.25, 0.3) is 22.1 Å². The van der Waals surface area contributed by atoms with Gasteiger partial charge in [-0.15, -0.1) is 0 Å². The van der Waals surface area contributed by atoms with Crippen LogP contribution in [-0.4, -0.2) is 56.0 Å². The van der Waals surface area contributed by atoms with E-state index in [0.717, 1.165) is 29.6 Å². The topological polar surface area (TPSA) is 120 Å². The summed E-state index contributed by atoms with van der Waals surface area (Å²) in [5, 5.41) is 8.91. The van der Waals surface area contributed by atoms with E-state index >= 15 is 0 Å². The number of hydrogen-bond donors (Lipinski definition) is 3. The molecule has 3 aromatic heterocycles. The second-order valence-corrected chi connectivity index (χ2v) is 7.09. The molecular formula is C20H20N8O. The van der Waals surface area contributed by atoms with E-state index in [1.54, 1.807) is 13.4 Å². The number of H-pyrrole nitrogens is 1. The first-order valence-electron chi connectivity index (χ1n) is 9.39. The van der Waals surface area contributed by atoms with E-state index in [1.807, 2.05) is 22.9 Å². The van der Waals surface area contributed by atoms with Crippen molar-refractivity contribution in [2.24, 2.45) is 0 Å². The molecule has 0 amide bonds. The molecule has 1 aliphatic heterocycles. The summed E-state index contributed by atoms with van der Waals surface area (Å²) < 4.78 is 7.18. The first kappa shape index (κ1) is 17.6. The number of rotatable bonds is 3. The number of nitrogens with two attached hydrogens (primary N) is 1. The molecule has 5 rings (SSSR count). The Morgan fingerprint density at radius 2 is 2.21 bits per heavy atom. The Morgan fingerprint density at radius 3 is 3.10 bits per heavy atom. The number of benzene rings is 1. The summed E-state index contributed by atoms with van der Waals surface area (Å²) in [4.78, 5) is 15.9. The Labute approximate surface area is 166 Å². The van der Waals surface area contributed by atoms with Crippen molar-refractivity contribution in [3.05, 3.63) is 42.1 Å². The largest absolute Gasteiger partial charge is 0.383 e. The summed E-state index contributed by atoms with van der Waals surface area (Å²) in [5.74, 6) is 6.72. The van der Waals surface area contributed by atoms with Gasteiger partial charge in [0.15, 0.2) is 5.65 Å². The Morgan fingerprint density at radius 1 is 1.28 bits per heavy atom. The van der Waals surface area contributed by atoms with E-state index in [0.29, 0.717) is 35.2 Å². The molecule has 1 aliphatic rings. The Bertz CT molecular complexity index is 1250. The van der Waals surface area contributed by atoms with Crippen molar-refractivity contribution in [3.8, 4) is 11.8 Å². The maximum absolute atomic E-state index is 6.15. The van der Waals surface area contributed by atoms with Crippen molar-refractivity contribution in [1.82, 2.24) is 35.0 Å². The van der Waals surface area contributed by atoms with E-state index in [9.17, 15) is 0 Å². The summed E-state index contributed by atoms with van der Waals surface area (Å²) in [6.07, 6.45) is 4.04. The SMILES string of the molecule is COC[C@H]1C[C@H](n2nc(C#Cc3ccc4nc[nH]c4c3)c3c(N)ncnc32)CN1. The predicted molar refractivity (Wildman–Crippen MR) is 109 cm³/mol. The zero-order valence-corrected chi connectivity index (χ0v) is 15.9. The van der Waals surface area contributed by atoms with Crippen molar-refractivity contribution in [2.75, 3.05) is 26.0 Å². The average Bonchev–Trinajstić information content (AvgIpc) is 3.45. The summed E-state index contributed by atoms with van der Waals surface area (Å²) >= 11 is 0. The zero-order valence-electron chi connectivity index (χ0n) is 15.9. The monoisotopic (exact) mass is 388 g/mol. The third kappa shape index (κ3) is 3.18. The highest BCUT2D eigenvalue weighted by molar-refractivity contribution is 5.90. The van der Waals surface area contributed by atoms with Gasteiger partial charge in [0.2, 0.25) is 0 Å². The van der Waals surface area contributed by atoms with Gasteiger partial charge in [-0.1, -0.05) is 5.92 Å². The van der Waals surface area contributed by atoms with Crippen molar-refractivity contribution in [1.29, 1.82) is 0 Å². The third-order valence-electron chi connectivity index (χ3n) is 5.18. The molecular weight excluding hydrogens is 368 g/mol. The van der Waals surface area contributed by atoms with E-state index in [-0.39, 0.29) is 6.04 Å². The number of fused-ring (bicyclic) bond motifs is 2. The van der Waals surface area contributed by atoms with E-state index < -0.39 is 0 Å². The maximum atomic E-state index is 6.15. The van der Waals surface area contributed by atoms with Gasteiger partial charge in [0.05, 0.1) is 35.4 Å². The van der Waals surface area contributed by atoms with Crippen LogP contribution in [0.15, 0.2) is 30.9 Å². The van der Waals surface area contributed by atoms with Crippen LogP contribution in [0.1, 0.15) is 23.7 Å². The summed E-state index contributed by atoms with van der Waals surface area (Å²) in [6, 6.07) is 6.28. The molecule has 1 fully saturated rings. The molecule has 4 heterocycles. The molecule has 0 aliphatic carbocycles. The number of aromatic amines is 1. The van der Waals surface area contributed by atoms with Crippen LogP contribution in [0.3, 0.4) is 0 Å². The van der Waals surface area contributed by atoms with E-state index in [2.05, 4.69) is 37.1 Å². The molecule has 4 N–H and O–H groups in total. The minimum atomic E-state index is 0.156. The molecule has 4 aromatic rings. The smallest absolute Gasteiger partial charge is 0.164 e. The fraction of sp³-hybridized carbons (Fsp3) is 0.300. The van der Waals surface area contributed by atoms with Gasteiger partial charge in [-0.05, 0) is 30.5 Å². The summed E-state index contributed by atoms with van der Waals surface area (Å²) in [7, 11) is 1.71. The van der Waals surface area contributed by atoms with E-state index in [1.165, 1.54) is 6.33 Å². The molecule has 0 saturated carbocycles. The molecule has 29 heavy (non-hydrogen) atoms. The fourth-order valence-electron chi connectivity index (χ4n) is 3.79. The normalized spacial score (nSPS) is 18.9. The summed E-state index contributed by atoms with van der Waals surface area (Å²) in [5.41, 5.74) is 10.1. The van der Waals surface area contributed by atoms with Gasteiger partial charge in [-0.2, -0.15) is 5.10 Å². The summed E-state index contributed by atoms with van der Waals surface area (Å²) in [6.45, 7) is 1.45. The number of aromatic nitrogens is 6. The van der Waals surface area contributed by atoms with Gasteiger partial charge >= 0.3 is 0 Å². The van der Waals surface area contributed by atoms with E-state index in [4.69, 9.17) is 15.6 Å². The molecule has 0 spiro atoms. The highest BCUT2D eigenvalue weighted by atomic mass is 16.5. The lowest BCUT2D eigenvalue weighted by Gasteiger charge is -2.10. The number of nitrogens with zero attached hydrogens (tertiary/aromatic N) is 5. The number of hydrogen-bond acceptors (Lipinski definition) is 7. The number of nitrogen functional groups attached to an aromatic ring is 1. The molecule has 0 unspecified atom stereocenters. The van der Waals surface area contributed by atoms with Crippen LogP contribution in [0.5, 0.6) is 0 Å². The second kappa shape index (κ2) is 7.16. The minimum absolute atomic E-state index is 0.156. The second-order valence-electron chi connectivity index (χ2n) is 7.09. The van der Waals surface area contributed by atoms with Crippen LogP contribution >= 0.6 is 0 Å². The number of ether oxygens (including phenoxy) is 1. The van der Waals surface area contributed by atoms with Gasteiger partial charge in [0.25, 0.3) is 0 Å². The van der Waals surface area contributed by atoms with Gasteiger partial charge in [0, 0.05) is 25.3 Å². The lowest BCUT2D eigenvalue weighted by molar-refractivity contribution is 0.172. The molecule has 1 saturated heterocycles.